The van der Waals surface area contributed by atoms with Crippen LogP contribution < -0.4 is 10.2 Å². The monoisotopic (exact) mass is 307 g/mol. The standard InChI is InChI=1S/C18H17N3O2/c1-13-6-5-8-16(10-13)20-18(23)12-21(14(2)22)17-9-4-3-7-15(17)11-19/h3-10H,12H2,1-2H3,(H,20,23). The van der Waals surface area contributed by atoms with E-state index in [9.17, 15) is 9.59 Å². The molecule has 2 rings (SSSR count). The molecule has 0 radical (unpaired) electrons. The molecule has 0 aliphatic carbocycles. The Labute approximate surface area is 135 Å². The van der Waals surface area contributed by atoms with Gasteiger partial charge in [0.25, 0.3) is 0 Å². The summed E-state index contributed by atoms with van der Waals surface area (Å²) in [6.07, 6.45) is 0. The second kappa shape index (κ2) is 7.23. The van der Waals surface area contributed by atoms with Crippen LogP contribution >= 0.6 is 0 Å². The highest BCUT2D eigenvalue weighted by Crippen LogP contribution is 2.20. The number of hydrogen-bond acceptors (Lipinski definition) is 3. The van der Waals surface area contributed by atoms with Gasteiger partial charge in [-0.1, -0.05) is 24.3 Å². The molecule has 5 heteroatoms. The lowest BCUT2D eigenvalue weighted by atomic mass is 10.1. The van der Waals surface area contributed by atoms with Gasteiger partial charge in [-0.05, 0) is 36.8 Å². The van der Waals surface area contributed by atoms with E-state index in [1.165, 1.54) is 11.8 Å². The van der Waals surface area contributed by atoms with E-state index in [0.717, 1.165) is 5.56 Å². The maximum Gasteiger partial charge on any atom is 0.244 e. The molecule has 0 saturated carbocycles. The van der Waals surface area contributed by atoms with Crippen molar-refractivity contribution in [2.75, 3.05) is 16.8 Å². The fourth-order valence-corrected chi connectivity index (χ4v) is 2.24. The number of hydrogen-bond donors (Lipinski definition) is 1. The summed E-state index contributed by atoms with van der Waals surface area (Å²) in [5.41, 5.74) is 2.49. The largest absolute Gasteiger partial charge is 0.325 e. The van der Waals surface area contributed by atoms with E-state index >= 15 is 0 Å². The topological polar surface area (TPSA) is 73.2 Å². The Bertz CT molecular complexity index is 778. The van der Waals surface area contributed by atoms with E-state index in [1.54, 1.807) is 30.3 Å². The van der Waals surface area contributed by atoms with Gasteiger partial charge in [0.1, 0.15) is 12.6 Å². The van der Waals surface area contributed by atoms with Gasteiger partial charge in [0.2, 0.25) is 11.8 Å². The fourth-order valence-electron chi connectivity index (χ4n) is 2.24. The van der Waals surface area contributed by atoms with Crippen LogP contribution in [0.4, 0.5) is 11.4 Å². The van der Waals surface area contributed by atoms with Crippen LogP contribution in [-0.2, 0) is 9.59 Å². The first-order valence-electron chi connectivity index (χ1n) is 7.15. The molecule has 5 nitrogen and oxygen atoms in total. The van der Waals surface area contributed by atoms with Crippen LogP contribution in [-0.4, -0.2) is 18.4 Å². The summed E-state index contributed by atoms with van der Waals surface area (Å²) in [4.78, 5) is 25.4. The smallest absolute Gasteiger partial charge is 0.244 e. The second-order valence-electron chi connectivity index (χ2n) is 5.15. The van der Waals surface area contributed by atoms with Crippen LogP contribution in [0, 0.1) is 18.3 Å². The molecule has 2 amide bonds. The predicted octanol–water partition coefficient (Wildman–Crippen LogP) is 2.86. The summed E-state index contributed by atoms with van der Waals surface area (Å²) in [6, 6.07) is 16.2. The number of benzene rings is 2. The molecule has 23 heavy (non-hydrogen) atoms. The molecule has 0 atom stereocenters. The van der Waals surface area contributed by atoms with Crippen molar-refractivity contribution >= 4 is 23.2 Å². The average Bonchev–Trinajstić information content (AvgIpc) is 2.52. The fraction of sp³-hybridized carbons (Fsp3) is 0.167. The Hall–Kier alpha value is -3.13. The number of nitriles is 1. The summed E-state index contributed by atoms with van der Waals surface area (Å²) >= 11 is 0. The quantitative estimate of drug-likeness (QED) is 0.944. The maximum absolute atomic E-state index is 12.2. The number of anilines is 2. The molecule has 0 heterocycles. The first-order valence-corrected chi connectivity index (χ1v) is 7.15. The molecule has 1 N–H and O–H groups in total. The van der Waals surface area contributed by atoms with Gasteiger partial charge in [-0.15, -0.1) is 0 Å². The Kier molecular flexibility index (Phi) is 5.11. The molecule has 0 aliphatic heterocycles. The zero-order valence-corrected chi connectivity index (χ0v) is 13.0. The highest BCUT2D eigenvalue weighted by Gasteiger charge is 2.18. The Morgan fingerprint density at radius 3 is 2.57 bits per heavy atom. The van der Waals surface area contributed by atoms with Crippen molar-refractivity contribution in [1.82, 2.24) is 0 Å². The number of amides is 2. The molecular formula is C18H17N3O2. The lowest BCUT2D eigenvalue weighted by molar-refractivity contribution is -0.120. The van der Waals surface area contributed by atoms with Crippen LogP contribution in [0.1, 0.15) is 18.1 Å². The van der Waals surface area contributed by atoms with Gasteiger partial charge in [-0.2, -0.15) is 5.26 Å². The number of aryl methyl sites for hydroxylation is 1. The van der Waals surface area contributed by atoms with Gasteiger partial charge >= 0.3 is 0 Å². The SMILES string of the molecule is CC(=O)N(CC(=O)Nc1cccc(C)c1)c1ccccc1C#N. The number of carbonyl (C=O) groups excluding carboxylic acids is 2. The minimum Gasteiger partial charge on any atom is -0.325 e. The molecule has 0 aliphatic rings. The number of nitrogens with one attached hydrogen (secondary N) is 1. The maximum atomic E-state index is 12.2. The minimum atomic E-state index is -0.321. The van der Waals surface area contributed by atoms with Crippen molar-refractivity contribution in [1.29, 1.82) is 5.26 Å². The molecule has 0 unspecified atom stereocenters. The molecule has 2 aromatic rings. The molecule has 0 saturated heterocycles. The van der Waals surface area contributed by atoms with Gasteiger partial charge in [-0.3, -0.25) is 9.59 Å². The molecule has 2 aromatic carbocycles. The van der Waals surface area contributed by atoms with Gasteiger partial charge in [-0.25, -0.2) is 0 Å². The van der Waals surface area contributed by atoms with Crippen LogP contribution in [0.2, 0.25) is 0 Å². The Morgan fingerprint density at radius 2 is 1.91 bits per heavy atom. The van der Waals surface area contributed by atoms with E-state index < -0.39 is 0 Å². The zero-order valence-electron chi connectivity index (χ0n) is 13.0. The van der Waals surface area contributed by atoms with Crippen molar-refractivity contribution in [2.24, 2.45) is 0 Å². The number of carbonyl (C=O) groups is 2. The Balaban J connectivity index is 2.18. The average molecular weight is 307 g/mol. The summed E-state index contributed by atoms with van der Waals surface area (Å²) in [5, 5.41) is 11.9. The van der Waals surface area contributed by atoms with Crippen molar-refractivity contribution in [2.45, 2.75) is 13.8 Å². The normalized spacial score (nSPS) is 9.78. The summed E-state index contributed by atoms with van der Waals surface area (Å²) in [7, 11) is 0. The first kappa shape index (κ1) is 16.2. The van der Waals surface area contributed by atoms with Gasteiger partial charge in [0, 0.05) is 12.6 Å². The highest BCUT2D eigenvalue weighted by molar-refractivity contribution is 6.02. The molecule has 0 aromatic heterocycles. The van der Waals surface area contributed by atoms with Gasteiger partial charge in [0.15, 0.2) is 0 Å². The number of rotatable bonds is 4. The Morgan fingerprint density at radius 1 is 1.17 bits per heavy atom. The van der Waals surface area contributed by atoms with E-state index in [4.69, 9.17) is 5.26 Å². The van der Waals surface area contributed by atoms with Crippen molar-refractivity contribution in [3.05, 3.63) is 59.7 Å². The first-order chi connectivity index (χ1) is 11.0. The van der Waals surface area contributed by atoms with Crippen LogP contribution in [0.3, 0.4) is 0 Å². The molecule has 116 valence electrons. The van der Waals surface area contributed by atoms with Crippen molar-refractivity contribution in [3.63, 3.8) is 0 Å². The summed E-state index contributed by atoms with van der Waals surface area (Å²) < 4.78 is 0. The number of nitrogens with zero attached hydrogens (tertiary/aromatic N) is 2. The number of para-hydroxylation sites is 1. The third-order valence-corrected chi connectivity index (χ3v) is 3.30. The molecule has 0 spiro atoms. The van der Waals surface area contributed by atoms with E-state index in [0.29, 0.717) is 16.9 Å². The van der Waals surface area contributed by atoms with Crippen LogP contribution in [0.15, 0.2) is 48.5 Å². The van der Waals surface area contributed by atoms with E-state index in [-0.39, 0.29) is 18.4 Å². The van der Waals surface area contributed by atoms with Crippen LogP contribution in [0.5, 0.6) is 0 Å². The molecule has 0 fully saturated rings. The lowest BCUT2D eigenvalue weighted by Crippen LogP contribution is -2.37. The predicted molar refractivity (Wildman–Crippen MR) is 89.0 cm³/mol. The third kappa shape index (κ3) is 4.17. The molecular weight excluding hydrogens is 290 g/mol. The van der Waals surface area contributed by atoms with Crippen LogP contribution in [0.25, 0.3) is 0 Å². The van der Waals surface area contributed by atoms with Gasteiger partial charge in [0.05, 0.1) is 11.3 Å². The van der Waals surface area contributed by atoms with E-state index in [2.05, 4.69) is 5.32 Å². The molecule has 0 bridgehead atoms. The van der Waals surface area contributed by atoms with Gasteiger partial charge < -0.3 is 10.2 Å². The highest BCUT2D eigenvalue weighted by atomic mass is 16.2. The van der Waals surface area contributed by atoms with Crippen molar-refractivity contribution in [3.8, 4) is 6.07 Å². The van der Waals surface area contributed by atoms with Crippen molar-refractivity contribution < 1.29 is 9.59 Å². The summed E-state index contributed by atoms with van der Waals surface area (Å²) in [5.74, 6) is -0.620. The lowest BCUT2D eigenvalue weighted by Gasteiger charge is -2.21. The minimum absolute atomic E-state index is 0.151. The third-order valence-electron chi connectivity index (χ3n) is 3.30. The van der Waals surface area contributed by atoms with E-state index in [1.807, 2.05) is 31.2 Å². The second-order valence-corrected chi connectivity index (χ2v) is 5.15. The summed E-state index contributed by atoms with van der Waals surface area (Å²) in [6.45, 7) is 3.15. The zero-order chi connectivity index (χ0) is 16.8.